The van der Waals surface area contributed by atoms with Crippen LogP contribution in [0.15, 0.2) is 57.6 Å². The number of benzene rings is 2. The number of carbonyl (C=O) groups excluding carboxylic acids is 2. The van der Waals surface area contributed by atoms with E-state index in [2.05, 4.69) is 43.8 Å². The number of hydrogen-bond donors (Lipinski definition) is 1. The van der Waals surface area contributed by atoms with Crippen LogP contribution in [-0.4, -0.2) is 23.4 Å². The largest absolute Gasteiger partial charge is 0.487 e. The summed E-state index contributed by atoms with van der Waals surface area (Å²) in [6.07, 6.45) is 3.09. The minimum absolute atomic E-state index is 0.150. The maximum Gasteiger partial charge on any atom is 0.329 e. The molecule has 1 aliphatic heterocycles. The minimum Gasteiger partial charge on any atom is -0.487 e. The first-order valence-corrected chi connectivity index (χ1v) is 10.7. The second-order valence-corrected chi connectivity index (χ2v) is 8.57. The Kier molecular flexibility index (Phi) is 7.05. The molecular formula is C20H14Br2Cl2N2O3. The molecular weight excluding hydrogens is 547 g/mol. The van der Waals surface area contributed by atoms with Gasteiger partial charge in [-0.2, -0.15) is 0 Å². The van der Waals surface area contributed by atoms with E-state index in [0.717, 1.165) is 10.5 Å². The second-order valence-electron chi connectivity index (χ2n) is 6.04. The Bertz CT molecular complexity index is 1020. The summed E-state index contributed by atoms with van der Waals surface area (Å²) in [7, 11) is 0. The number of nitrogens with zero attached hydrogens (tertiary/aromatic N) is 1. The van der Waals surface area contributed by atoms with Gasteiger partial charge in [-0.25, -0.2) is 4.79 Å². The number of amides is 3. The van der Waals surface area contributed by atoms with Gasteiger partial charge in [-0.1, -0.05) is 35.3 Å². The van der Waals surface area contributed by atoms with Crippen molar-refractivity contribution in [1.82, 2.24) is 10.2 Å². The van der Waals surface area contributed by atoms with Gasteiger partial charge in [-0.15, -0.1) is 6.58 Å². The average Bonchev–Trinajstić information content (AvgIpc) is 2.91. The standard InChI is InChI=1S/C20H14Br2Cl2N2O3/c1-2-5-26-19(27)17(25-20(26)28)9-12-6-13(21)18(14(22)7-12)29-10-11-3-4-15(23)16(24)8-11/h2-4,6-9H,1,5,10H2,(H,25,28)/b17-9+. The normalized spacial score (nSPS) is 15.0. The Morgan fingerprint density at radius 1 is 1.10 bits per heavy atom. The van der Waals surface area contributed by atoms with Gasteiger partial charge < -0.3 is 10.1 Å². The van der Waals surface area contributed by atoms with Crippen molar-refractivity contribution in [2.24, 2.45) is 0 Å². The molecule has 2 aromatic rings. The number of nitrogens with one attached hydrogen (secondary N) is 1. The van der Waals surface area contributed by atoms with Gasteiger partial charge >= 0.3 is 6.03 Å². The first kappa shape index (κ1) is 21.9. The molecule has 29 heavy (non-hydrogen) atoms. The van der Waals surface area contributed by atoms with E-state index in [0.29, 0.717) is 36.9 Å². The Morgan fingerprint density at radius 2 is 1.79 bits per heavy atom. The fraction of sp³-hybridized carbons (Fsp3) is 0.100. The molecule has 0 aromatic heterocycles. The van der Waals surface area contributed by atoms with Crippen LogP contribution in [0.2, 0.25) is 10.0 Å². The lowest BCUT2D eigenvalue weighted by atomic mass is 10.2. The third-order valence-electron chi connectivity index (χ3n) is 3.97. The van der Waals surface area contributed by atoms with Crippen LogP contribution < -0.4 is 10.1 Å². The van der Waals surface area contributed by atoms with Crippen molar-refractivity contribution >= 4 is 73.1 Å². The van der Waals surface area contributed by atoms with Gasteiger partial charge in [0, 0.05) is 6.54 Å². The van der Waals surface area contributed by atoms with Gasteiger partial charge in [0.1, 0.15) is 18.1 Å². The predicted octanol–water partition coefficient (Wildman–Crippen LogP) is 6.18. The quantitative estimate of drug-likeness (QED) is 0.261. The Hall–Kier alpha value is -1.80. The molecule has 0 saturated carbocycles. The van der Waals surface area contributed by atoms with E-state index in [-0.39, 0.29) is 12.2 Å². The van der Waals surface area contributed by atoms with Crippen LogP contribution >= 0.6 is 55.1 Å². The highest BCUT2D eigenvalue weighted by Crippen LogP contribution is 2.36. The first-order valence-electron chi connectivity index (χ1n) is 8.31. The van der Waals surface area contributed by atoms with Crippen molar-refractivity contribution in [3.8, 4) is 5.75 Å². The van der Waals surface area contributed by atoms with Gasteiger partial charge in [0.15, 0.2) is 0 Å². The lowest BCUT2D eigenvalue weighted by molar-refractivity contribution is -0.122. The molecule has 3 amide bonds. The zero-order valence-electron chi connectivity index (χ0n) is 14.8. The smallest absolute Gasteiger partial charge is 0.329 e. The number of halogens is 4. The second kappa shape index (κ2) is 9.34. The third kappa shape index (κ3) is 5.04. The minimum atomic E-state index is -0.471. The zero-order chi connectivity index (χ0) is 21.1. The summed E-state index contributed by atoms with van der Waals surface area (Å²) in [5, 5.41) is 3.50. The zero-order valence-corrected chi connectivity index (χ0v) is 19.5. The molecule has 1 N–H and O–H groups in total. The van der Waals surface area contributed by atoms with Crippen LogP contribution in [0, 0.1) is 0 Å². The maximum atomic E-state index is 12.3. The van der Waals surface area contributed by atoms with Gasteiger partial charge in [0.2, 0.25) is 0 Å². The highest BCUT2D eigenvalue weighted by molar-refractivity contribution is 9.11. The van der Waals surface area contributed by atoms with Crippen LogP contribution in [0.1, 0.15) is 11.1 Å². The molecule has 1 fully saturated rings. The highest BCUT2D eigenvalue weighted by atomic mass is 79.9. The lowest BCUT2D eigenvalue weighted by Gasteiger charge is -2.12. The van der Waals surface area contributed by atoms with E-state index in [1.54, 1.807) is 30.3 Å². The Balaban J connectivity index is 1.79. The monoisotopic (exact) mass is 558 g/mol. The Labute approximate surface area is 194 Å². The molecule has 0 unspecified atom stereocenters. The molecule has 0 bridgehead atoms. The van der Waals surface area contributed by atoms with Crippen LogP contribution in [0.4, 0.5) is 4.79 Å². The summed E-state index contributed by atoms with van der Waals surface area (Å²) in [6.45, 7) is 3.99. The molecule has 0 atom stereocenters. The molecule has 3 rings (SSSR count). The first-order chi connectivity index (χ1) is 13.8. The number of rotatable bonds is 6. The summed E-state index contributed by atoms with van der Waals surface area (Å²) in [5.74, 6) is 0.190. The van der Waals surface area contributed by atoms with Crippen molar-refractivity contribution in [1.29, 1.82) is 0 Å². The topological polar surface area (TPSA) is 58.6 Å². The fourth-order valence-electron chi connectivity index (χ4n) is 2.62. The number of hydrogen-bond acceptors (Lipinski definition) is 3. The molecule has 150 valence electrons. The lowest BCUT2D eigenvalue weighted by Crippen LogP contribution is -2.30. The number of carbonyl (C=O) groups is 2. The number of urea groups is 1. The number of ether oxygens (including phenoxy) is 1. The van der Waals surface area contributed by atoms with Crippen LogP contribution in [-0.2, 0) is 11.4 Å². The summed E-state index contributed by atoms with van der Waals surface area (Å²) in [4.78, 5) is 25.3. The third-order valence-corrected chi connectivity index (χ3v) is 5.89. The summed E-state index contributed by atoms with van der Waals surface area (Å²) in [6, 6.07) is 8.40. The summed E-state index contributed by atoms with van der Waals surface area (Å²) < 4.78 is 7.25. The average molecular weight is 561 g/mol. The van der Waals surface area contributed by atoms with Gasteiger partial charge in [0.05, 0.1) is 19.0 Å². The molecule has 0 aliphatic carbocycles. The van der Waals surface area contributed by atoms with Gasteiger partial charge in [-0.05, 0) is 73.3 Å². The SMILES string of the molecule is C=CCN1C(=O)N/C(=C/c2cc(Br)c(OCc3ccc(Cl)c(Cl)c3)c(Br)c2)C1=O. The highest BCUT2D eigenvalue weighted by Gasteiger charge is 2.32. The van der Waals surface area contributed by atoms with E-state index in [1.165, 1.54) is 6.08 Å². The van der Waals surface area contributed by atoms with E-state index >= 15 is 0 Å². The molecule has 5 nitrogen and oxygen atoms in total. The van der Waals surface area contributed by atoms with E-state index in [1.807, 2.05) is 6.07 Å². The molecule has 1 heterocycles. The molecule has 9 heteroatoms. The van der Waals surface area contributed by atoms with Crippen molar-refractivity contribution in [2.45, 2.75) is 6.61 Å². The van der Waals surface area contributed by atoms with Crippen molar-refractivity contribution in [2.75, 3.05) is 6.54 Å². The molecule has 1 aliphatic rings. The van der Waals surface area contributed by atoms with E-state index < -0.39 is 11.9 Å². The van der Waals surface area contributed by atoms with Gasteiger partial charge in [0.25, 0.3) is 5.91 Å². The number of imide groups is 1. The van der Waals surface area contributed by atoms with Crippen molar-refractivity contribution in [3.05, 3.63) is 78.8 Å². The molecule has 1 saturated heterocycles. The molecule has 0 radical (unpaired) electrons. The van der Waals surface area contributed by atoms with Crippen LogP contribution in [0.5, 0.6) is 5.75 Å². The maximum absolute atomic E-state index is 12.3. The van der Waals surface area contributed by atoms with E-state index in [9.17, 15) is 9.59 Å². The van der Waals surface area contributed by atoms with Crippen molar-refractivity contribution in [3.63, 3.8) is 0 Å². The summed E-state index contributed by atoms with van der Waals surface area (Å²) >= 11 is 18.9. The molecule has 2 aromatic carbocycles. The Morgan fingerprint density at radius 3 is 2.41 bits per heavy atom. The van der Waals surface area contributed by atoms with E-state index in [4.69, 9.17) is 27.9 Å². The van der Waals surface area contributed by atoms with Crippen LogP contribution in [0.3, 0.4) is 0 Å². The van der Waals surface area contributed by atoms with Crippen molar-refractivity contribution < 1.29 is 14.3 Å². The fourth-order valence-corrected chi connectivity index (χ4v) is 4.39. The summed E-state index contributed by atoms with van der Waals surface area (Å²) in [5.41, 5.74) is 1.76. The molecule has 0 spiro atoms. The predicted molar refractivity (Wildman–Crippen MR) is 121 cm³/mol. The van der Waals surface area contributed by atoms with Gasteiger partial charge in [-0.3, -0.25) is 9.69 Å². The van der Waals surface area contributed by atoms with Crippen LogP contribution in [0.25, 0.3) is 6.08 Å².